The average Bonchev–Trinajstić information content (AvgIpc) is 2.65. The van der Waals surface area contributed by atoms with Crippen LogP contribution < -0.4 is 0 Å². The van der Waals surface area contributed by atoms with Crippen molar-refractivity contribution in [3.8, 4) is 0 Å². The zero-order valence-corrected chi connectivity index (χ0v) is 13.6. The van der Waals surface area contributed by atoms with Crippen LogP contribution in [0.5, 0.6) is 0 Å². The average molecular weight is 376 g/mol. The molecule has 0 aliphatic carbocycles. The second kappa shape index (κ2) is 4.82. The molecule has 0 saturated heterocycles. The van der Waals surface area contributed by atoms with Crippen molar-refractivity contribution in [2.24, 2.45) is 0 Å². The minimum atomic E-state index is -0.844. The first-order chi connectivity index (χ1) is 8.34. The number of benzene rings is 1. The Hall–Kier alpha value is -0.611. The van der Waals surface area contributed by atoms with Crippen molar-refractivity contribution in [3.05, 3.63) is 32.7 Å². The molecular formula is C13H13BrO3Se. The number of carbonyl (C=O) groups excluding carboxylic acids is 1. The van der Waals surface area contributed by atoms with Gasteiger partial charge in [-0.15, -0.1) is 0 Å². The normalized spacial score (nSPS) is 11.8. The van der Waals surface area contributed by atoms with Crippen LogP contribution in [0, 0.1) is 0 Å². The van der Waals surface area contributed by atoms with Crippen LogP contribution in [-0.2, 0) is 10.3 Å². The number of fused-ring (bicyclic) bond motifs is 1. The Balaban J connectivity index is 2.63. The minimum absolute atomic E-state index is 0.0243. The van der Waals surface area contributed by atoms with E-state index in [2.05, 4.69) is 15.9 Å². The molecule has 1 aromatic heterocycles. The van der Waals surface area contributed by atoms with Crippen LogP contribution >= 0.6 is 15.9 Å². The number of hydrogen-bond acceptors (Lipinski definition) is 3. The van der Waals surface area contributed by atoms with E-state index in [4.69, 9.17) is 4.74 Å². The predicted octanol–water partition coefficient (Wildman–Crippen LogP) is 2.67. The summed E-state index contributed by atoms with van der Waals surface area (Å²) in [7, 11) is 1.37. The summed E-state index contributed by atoms with van der Waals surface area (Å²) in [6, 6.07) is 5.49. The maximum absolute atomic E-state index is 11.5. The predicted molar refractivity (Wildman–Crippen MR) is 75.2 cm³/mol. The number of esters is 1. The molecule has 18 heavy (non-hydrogen) atoms. The van der Waals surface area contributed by atoms with E-state index in [1.165, 1.54) is 7.11 Å². The van der Waals surface area contributed by atoms with Crippen molar-refractivity contribution in [3.63, 3.8) is 0 Å². The number of methoxy groups -OCH3 is 1. The van der Waals surface area contributed by atoms with E-state index in [1.807, 2.05) is 12.1 Å². The molecule has 0 amide bonds. The third-order valence-electron chi connectivity index (χ3n) is 2.61. The molecular weight excluding hydrogens is 363 g/mol. The molecule has 0 unspecified atom stereocenters. The van der Waals surface area contributed by atoms with Crippen LogP contribution in [0.15, 0.2) is 22.7 Å². The molecule has 0 radical (unpaired) electrons. The molecule has 5 heteroatoms. The van der Waals surface area contributed by atoms with Crippen LogP contribution in [-0.4, -0.2) is 32.7 Å². The van der Waals surface area contributed by atoms with E-state index >= 15 is 0 Å². The van der Waals surface area contributed by atoms with Gasteiger partial charge in [0.25, 0.3) is 0 Å². The van der Waals surface area contributed by atoms with Gasteiger partial charge < -0.3 is 0 Å². The number of rotatable bonds is 2. The van der Waals surface area contributed by atoms with Gasteiger partial charge in [0.05, 0.1) is 0 Å². The Kier molecular flexibility index (Phi) is 3.70. The van der Waals surface area contributed by atoms with Crippen LogP contribution in [0.2, 0.25) is 0 Å². The van der Waals surface area contributed by atoms with Crippen LogP contribution in [0.4, 0.5) is 0 Å². The molecule has 0 aliphatic rings. The summed E-state index contributed by atoms with van der Waals surface area (Å²) in [6.07, 6.45) is 0. The van der Waals surface area contributed by atoms with Gasteiger partial charge in [-0.3, -0.25) is 0 Å². The zero-order chi connectivity index (χ0) is 13.5. The Labute approximate surface area is 120 Å². The van der Waals surface area contributed by atoms with Gasteiger partial charge in [-0.1, -0.05) is 0 Å². The molecule has 1 aromatic carbocycles. The first-order valence-corrected chi connectivity index (χ1v) is 7.88. The monoisotopic (exact) mass is 376 g/mol. The van der Waals surface area contributed by atoms with Gasteiger partial charge in [0.1, 0.15) is 0 Å². The molecule has 0 atom stereocenters. The Morgan fingerprint density at radius 2 is 2.11 bits per heavy atom. The van der Waals surface area contributed by atoms with E-state index in [9.17, 15) is 9.90 Å². The number of hydrogen-bond donors (Lipinski definition) is 1. The summed E-state index contributed by atoms with van der Waals surface area (Å²) >= 11 is 3.56. The fraction of sp³-hybridized carbons (Fsp3) is 0.308. The van der Waals surface area contributed by atoms with Crippen molar-refractivity contribution < 1.29 is 14.6 Å². The first kappa shape index (κ1) is 13.8. The SMILES string of the molecule is COC(=O)c1ccc2c(Br)c(C(C)(C)O)[se]c2c1. The van der Waals surface area contributed by atoms with Crippen molar-refractivity contribution in [2.75, 3.05) is 7.11 Å². The van der Waals surface area contributed by atoms with Gasteiger partial charge in [0.15, 0.2) is 0 Å². The third kappa shape index (κ3) is 2.41. The van der Waals surface area contributed by atoms with Gasteiger partial charge in [0.2, 0.25) is 0 Å². The fourth-order valence-corrected chi connectivity index (χ4v) is 5.63. The van der Waals surface area contributed by atoms with Crippen LogP contribution in [0.3, 0.4) is 0 Å². The molecule has 0 saturated carbocycles. The molecule has 0 spiro atoms. The van der Waals surface area contributed by atoms with Gasteiger partial charge in [-0.25, -0.2) is 0 Å². The number of halogens is 1. The fourth-order valence-electron chi connectivity index (χ4n) is 1.70. The molecule has 1 N–H and O–H groups in total. The quantitative estimate of drug-likeness (QED) is 0.648. The third-order valence-corrected chi connectivity index (χ3v) is 7.10. The molecule has 0 bridgehead atoms. The van der Waals surface area contributed by atoms with Crippen molar-refractivity contribution in [1.82, 2.24) is 0 Å². The van der Waals surface area contributed by atoms with E-state index in [1.54, 1.807) is 19.9 Å². The molecule has 96 valence electrons. The van der Waals surface area contributed by atoms with Gasteiger partial charge in [0, 0.05) is 0 Å². The topological polar surface area (TPSA) is 46.5 Å². The Morgan fingerprint density at radius 1 is 1.44 bits per heavy atom. The van der Waals surface area contributed by atoms with Crippen molar-refractivity contribution in [1.29, 1.82) is 0 Å². The summed E-state index contributed by atoms with van der Waals surface area (Å²) in [5.74, 6) is -0.332. The van der Waals surface area contributed by atoms with Crippen LogP contribution in [0.1, 0.15) is 28.6 Å². The molecule has 0 aliphatic heterocycles. The molecule has 1 heterocycles. The van der Waals surface area contributed by atoms with Crippen molar-refractivity contribution in [2.45, 2.75) is 19.4 Å². The first-order valence-electron chi connectivity index (χ1n) is 5.38. The van der Waals surface area contributed by atoms with E-state index in [-0.39, 0.29) is 20.5 Å². The summed E-state index contributed by atoms with van der Waals surface area (Å²) in [6.45, 7) is 3.55. The summed E-state index contributed by atoms with van der Waals surface area (Å²) in [5.41, 5.74) is -0.293. The maximum atomic E-state index is 11.5. The van der Waals surface area contributed by atoms with Gasteiger partial charge in [-0.05, 0) is 0 Å². The van der Waals surface area contributed by atoms with E-state index in [0.29, 0.717) is 5.56 Å². The standard InChI is InChI=1S/C13H13BrO3Se/c1-13(2,16)11-10(14)8-5-4-7(12(15)17-3)6-9(8)18-11/h4-6,16H,1-3H3. The molecule has 3 nitrogen and oxygen atoms in total. The second-order valence-corrected chi connectivity index (χ2v) is 7.51. The molecule has 2 rings (SSSR count). The number of ether oxygens (including phenoxy) is 1. The summed E-state index contributed by atoms with van der Waals surface area (Å²) in [4.78, 5) is 11.5. The van der Waals surface area contributed by atoms with Crippen LogP contribution in [0.25, 0.3) is 9.65 Å². The Bertz CT molecular complexity index is 610. The number of carbonyl (C=O) groups is 1. The summed E-state index contributed by atoms with van der Waals surface area (Å²) in [5, 5.41) is 11.2. The zero-order valence-electron chi connectivity index (χ0n) is 10.3. The Morgan fingerprint density at radius 3 is 2.67 bits per heavy atom. The summed E-state index contributed by atoms with van der Waals surface area (Å²) < 4.78 is 7.74. The second-order valence-electron chi connectivity index (χ2n) is 4.51. The van der Waals surface area contributed by atoms with Gasteiger partial charge in [-0.2, -0.15) is 0 Å². The van der Waals surface area contributed by atoms with Crippen molar-refractivity contribution >= 4 is 46.0 Å². The van der Waals surface area contributed by atoms with E-state index in [0.717, 1.165) is 18.6 Å². The van der Waals surface area contributed by atoms with Gasteiger partial charge >= 0.3 is 120 Å². The van der Waals surface area contributed by atoms with E-state index < -0.39 is 5.60 Å². The molecule has 0 fully saturated rings. The number of aliphatic hydroxyl groups is 1. The molecule has 2 aromatic rings.